The van der Waals surface area contributed by atoms with E-state index in [1.165, 1.54) is 6.33 Å². The van der Waals surface area contributed by atoms with Crippen LogP contribution in [0.2, 0.25) is 0 Å². The van der Waals surface area contributed by atoms with E-state index in [1.807, 2.05) is 66.0 Å². The number of thiophene rings is 1. The first-order valence-corrected chi connectivity index (χ1v) is 8.39. The lowest BCUT2D eigenvalue weighted by Crippen LogP contribution is -1.95. The molecular weight excluding hydrogens is 320 g/mol. The van der Waals surface area contributed by atoms with Crippen LogP contribution in [0.1, 0.15) is 5.56 Å². The van der Waals surface area contributed by atoms with Gasteiger partial charge < -0.3 is 9.47 Å². The van der Waals surface area contributed by atoms with Crippen LogP contribution >= 0.6 is 11.3 Å². The van der Waals surface area contributed by atoms with Crippen LogP contribution in [0.25, 0.3) is 10.2 Å². The molecule has 2 aromatic carbocycles. The van der Waals surface area contributed by atoms with Crippen molar-refractivity contribution in [2.45, 2.75) is 6.61 Å². The molecule has 2 heterocycles. The summed E-state index contributed by atoms with van der Waals surface area (Å²) in [7, 11) is 0. The van der Waals surface area contributed by atoms with Crippen molar-refractivity contribution in [3.63, 3.8) is 0 Å². The molecule has 0 radical (unpaired) electrons. The standard InChI is InChI=1S/C19H14N2O2S/c1-2-4-14(5-3-1)12-22-15-6-8-16(9-7-15)23-19-18-17(10-11-24-18)20-13-21-19/h1-11,13H,12H2. The van der Waals surface area contributed by atoms with Crippen LogP contribution in [0.15, 0.2) is 72.4 Å². The highest BCUT2D eigenvalue weighted by Crippen LogP contribution is 2.31. The van der Waals surface area contributed by atoms with E-state index in [2.05, 4.69) is 9.97 Å². The summed E-state index contributed by atoms with van der Waals surface area (Å²) in [6.07, 6.45) is 1.52. The number of aromatic nitrogens is 2. The molecule has 0 bridgehead atoms. The Hall–Kier alpha value is -2.92. The number of hydrogen-bond donors (Lipinski definition) is 0. The van der Waals surface area contributed by atoms with E-state index in [9.17, 15) is 0 Å². The lowest BCUT2D eigenvalue weighted by molar-refractivity contribution is 0.305. The van der Waals surface area contributed by atoms with E-state index in [-0.39, 0.29) is 0 Å². The SMILES string of the molecule is c1ccc(COc2ccc(Oc3ncnc4ccsc34)cc2)cc1. The summed E-state index contributed by atoms with van der Waals surface area (Å²) in [6, 6.07) is 19.6. The van der Waals surface area contributed by atoms with Gasteiger partial charge in [0.05, 0.1) is 5.52 Å². The van der Waals surface area contributed by atoms with Crippen molar-refractivity contribution in [2.75, 3.05) is 0 Å². The van der Waals surface area contributed by atoms with Gasteiger partial charge in [0.25, 0.3) is 0 Å². The largest absolute Gasteiger partial charge is 0.489 e. The molecule has 0 amide bonds. The van der Waals surface area contributed by atoms with Gasteiger partial charge in [-0.3, -0.25) is 0 Å². The Morgan fingerprint density at radius 3 is 2.46 bits per heavy atom. The predicted molar refractivity (Wildman–Crippen MR) is 94.7 cm³/mol. The zero-order valence-corrected chi connectivity index (χ0v) is 13.6. The van der Waals surface area contributed by atoms with Gasteiger partial charge in [0, 0.05) is 0 Å². The highest BCUT2D eigenvalue weighted by Gasteiger charge is 2.07. The van der Waals surface area contributed by atoms with Crippen LogP contribution in [0, 0.1) is 0 Å². The maximum absolute atomic E-state index is 5.87. The zero-order chi connectivity index (χ0) is 16.2. The molecule has 0 saturated heterocycles. The first-order chi connectivity index (χ1) is 11.9. The second kappa shape index (κ2) is 6.68. The van der Waals surface area contributed by atoms with E-state index in [1.54, 1.807) is 11.3 Å². The van der Waals surface area contributed by atoms with E-state index < -0.39 is 0 Å². The molecule has 0 unspecified atom stereocenters. The first-order valence-electron chi connectivity index (χ1n) is 7.51. The Labute approximate surface area is 143 Å². The molecule has 4 aromatic rings. The van der Waals surface area contributed by atoms with Crippen molar-refractivity contribution >= 4 is 21.6 Å². The van der Waals surface area contributed by atoms with E-state index >= 15 is 0 Å². The smallest absolute Gasteiger partial charge is 0.240 e. The van der Waals surface area contributed by atoms with Crippen LogP contribution in [-0.2, 0) is 6.61 Å². The van der Waals surface area contributed by atoms with Gasteiger partial charge in [-0.25, -0.2) is 9.97 Å². The molecule has 4 nitrogen and oxygen atoms in total. The Morgan fingerprint density at radius 2 is 1.62 bits per heavy atom. The predicted octanol–water partition coefficient (Wildman–Crippen LogP) is 5.06. The highest BCUT2D eigenvalue weighted by atomic mass is 32.1. The van der Waals surface area contributed by atoms with Gasteiger partial charge in [-0.1, -0.05) is 30.3 Å². The Kier molecular flexibility index (Phi) is 4.08. The second-order valence-corrected chi connectivity index (χ2v) is 6.08. The van der Waals surface area contributed by atoms with Gasteiger partial charge in [0.2, 0.25) is 5.88 Å². The molecule has 0 spiro atoms. The first kappa shape index (κ1) is 14.7. The van der Waals surface area contributed by atoms with E-state index in [4.69, 9.17) is 9.47 Å². The van der Waals surface area contributed by atoms with Crippen LogP contribution in [0.5, 0.6) is 17.4 Å². The minimum atomic E-state index is 0.544. The summed E-state index contributed by atoms with van der Waals surface area (Å²) < 4.78 is 12.6. The summed E-state index contributed by atoms with van der Waals surface area (Å²) in [4.78, 5) is 8.43. The van der Waals surface area contributed by atoms with Crippen molar-refractivity contribution in [1.29, 1.82) is 0 Å². The maximum atomic E-state index is 5.87. The molecule has 0 saturated carbocycles. The minimum absolute atomic E-state index is 0.544. The molecule has 0 aliphatic carbocycles. The number of ether oxygens (including phenoxy) is 2. The Balaban J connectivity index is 1.45. The number of rotatable bonds is 5. The maximum Gasteiger partial charge on any atom is 0.240 e. The van der Waals surface area contributed by atoms with Crippen LogP contribution in [-0.4, -0.2) is 9.97 Å². The summed E-state index contributed by atoms with van der Waals surface area (Å²) in [5.74, 6) is 2.10. The number of benzene rings is 2. The summed E-state index contributed by atoms with van der Waals surface area (Å²) in [5, 5.41) is 1.98. The Bertz CT molecular complexity index is 936. The lowest BCUT2D eigenvalue weighted by atomic mass is 10.2. The third-order valence-corrected chi connectivity index (χ3v) is 4.39. The fourth-order valence-corrected chi connectivity index (χ4v) is 3.07. The molecule has 0 atom stereocenters. The fourth-order valence-electron chi connectivity index (χ4n) is 2.30. The molecule has 24 heavy (non-hydrogen) atoms. The molecule has 0 N–H and O–H groups in total. The third-order valence-electron chi connectivity index (χ3n) is 3.50. The van der Waals surface area contributed by atoms with Crippen LogP contribution in [0.4, 0.5) is 0 Å². The topological polar surface area (TPSA) is 44.2 Å². The Morgan fingerprint density at radius 1 is 0.833 bits per heavy atom. The average Bonchev–Trinajstić information content (AvgIpc) is 3.12. The zero-order valence-electron chi connectivity index (χ0n) is 12.8. The molecule has 0 fully saturated rings. The summed E-state index contributed by atoms with van der Waals surface area (Å²) in [6.45, 7) is 0.544. The molecule has 0 aliphatic rings. The summed E-state index contributed by atoms with van der Waals surface area (Å²) in [5.41, 5.74) is 2.03. The number of nitrogens with zero attached hydrogens (tertiary/aromatic N) is 2. The number of hydrogen-bond acceptors (Lipinski definition) is 5. The van der Waals surface area contributed by atoms with Gasteiger partial charge in [-0.05, 0) is 41.3 Å². The van der Waals surface area contributed by atoms with Crippen molar-refractivity contribution in [3.8, 4) is 17.4 Å². The second-order valence-electron chi connectivity index (χ2n) is 5.16. The molecule has 2 aromatic heterocycles. The van der Waals surface area contributed by atoms with Crippen LogP contribution < -0.4 is 9.47 Å². The van der Waals surface area contributed by atoms with E-state index in [0.717, 1.165) is 27.3 Å². The quantitative estimate of drug-likeness (QED) is 0.511. The molecular formula is C19H14N2O2S. The number of fused-ring (bicyclic) bond motifs is 1. The average molecular weight is 334 g/mol. The van der Waals surface area contributed by atoms with Gasteiger partial charge >= 0.3 is 0 Å². The minimum Gasteiger partial charge on any atom is -0.489 e. The van der Waals surface area contributed by atoms with Crippen LogP contribution in [0.3, 0.4) is 0 Å². The highest BCUT2D eigenvalue weighted by molar-refractivity contribution is 7.17. The van der Waals surface area contributed by atoms with Gasteiger partial charge in [-0.15, -0.1) is 11.3 Å². The summed E-state index contributed by atoms with van der Waals surface area (Å²) >= 11 is 1.57. The van der Waals surface area contributed by atoms with Gasteiger partial charge in [0.1, 0.15) is 29.1 Å². The molecule has 118 valence electrons. The monoisotopic (exact) mass is 334 g/mol. The molecule has 4 rings (SSSR count). The van der Waals surface area contributed by atoms with Crippen molar-refractivity contribution in [1.82, 2.24) is 9.97 Å². The van der Waals surface area contributed by atoms with E-state index in [0.29, 0.717) is 12.5 Å². The molecule has 0 aliphatic heterocycles. The normalized spacial score (nSPS) is 10.7. The fraction of sp³-hybridized carbons (Fsp3) is 0.0526. The van der Waals surface area contributed by atoms with Crippen molar-refractivity contribution in [3.05, 3.63) is 77.9 Å². The van der Waals surface area contributed by atoms with Gasteiger partial charge in [0.15, 0.2) is 0 Å². The van der Waals surface area contributed by atoms with Crippen molar-refractivity contribution < 1.29 is 9.47 Å². The third kappa shape index (κ3) is 3.21. The van der Waals surface area contributed by atoms with Gasteiger partial charge in [-0.2, -0.15) is 0 Å². The molecule has 5 heteroatoms. The van der Waals surface area contributed by atoms with Crippen molar-refractivity contribution in [2.24, 2.45) is 0 Å². The lowest BCUT2D eigenvalue weighted by Gasteiger charge is -2.08.